The van der Waals surface area contributed by atoms with E-state index in [1.165, 1.54) is 12.8 Å². The molecule has 3 heteroatoms. The van der Waals surface area contributed by atoms with Crippen molar-refractivity contribution in [2.75, 3.05) is 6.61 Å². The summed E-state index contributed by atoms with van der Waals surface area (Å²) in [5, 5.41) is 11.1. The first-order chi connectivity index (χ1) is 11.8. The maximum Gasteiger partial charge on any atom is 0.226 e. The molecule has 0 bridgehead atoms. The van der Waals surface area contributed by atoms with E-state index in [9.17, 15) is 5.11 Å². The van der Waals surface area contributed by atoms with Crippen LogP contribution in [0, 0.1) is 0 Å². The highest BCUT2D eigenvalue weighted by atomic mass is 16.8. The van der Waals surface area contributed by atoms with Gasteiger partial charge >= 0.3 is 0 Å². The fourth-order valence-electron chi connectivity index (χ4n) is 3.27. The van der Waals surface area contributed by atoms with Gasteiger partial charge in [0.05, 0.1) is 12.7 Å². The van der Waals surface area contributed by atoms with Gasteiger partial charge in [0.1, 0.15) is 6.10 Å². The lowest BCUT2D eigenvalue weighted by molar-refractivity contribution is -0.241. The molecule has 0 aliphatic carbocycles. The van der Waals surface area contributed by atoms with Gasteiger partial charge in [0, 0.05) is 5.56 Å². The van der Waals surface area contributed by atoms with E-state index >= 15 is 0 Å². The van der Waals surface area contributed by atoms with Crippen LogP contribution in [0.4, 0.5) is 0 Å². The quantitative estimate of drug-likeness (QED) is 0.758. The molecule has 0 saturated carbocycles. The third kappa shape index (κ3) is 3.54. The van der Waals surface area contributed by atoms with Crippen LogP contribution in [-0.4, -0.2) is 17.8 Å². The molecule has 2 aromatic carbocycles. The van der Waals surface area contributed by atoms with E-state index in [-0.39, 0.29) is 6.10 Å². The van der Waals surface area contributed by atoms with Crippen molar-refractivity contribution < 1.29 is 14.6 Å². The Morgan fingerprint density at radius 3 is 2.38 bits per heavy atom. The number of hydrogen-bond donors (Lipinski definition) is 1. The van der Waals surface area contributed by atoms with Gasteiger partial charge in [-0.15, -0.1) is 0 Å². The molecule has 0 amide bonds. The summed E-state index contributed by atoms with van der Waals surface area (Å²) in [6.45, 7) is 2.71. The zero-order valence-electron chi connectivity index (χ0n) is 14.2. The fraction of sp³-hybridized carbons (Fsp3) is 0.429. The lowest BCUT2D eigenvalue weighted by Crippen LogP contribution is -2.35. The number of unbranched alkanes of at least 4 members (excludes halogenated alkanes) is 2. The van der Waals surface area contributed by atoms with Crippen molar-refractivity contribution in [2.24, 2.45) is 0 Å². The van der Waals surface area contributed by atoms with E-state index in [0.29, 0.717) is 6.61 Å². The van der Waals surface area contributed by atoms with Gasteiger partial charge in [-0.1, -0.05) is 86.8 Å². The van der Waals surface area contributed by atoms with Crippen LogP contribution < -0.4 is 0 Å². The predicted octanol–water partition coefficient (Wildman–Crippen LogP) is 4.57. The predicted molar refractivity (Wildman–Crippen MR) is 94.5 cm³/mol. The lowest BCUT2D eigenvalue weighted by Gasteiger charge is -2.33. The highest BCUT2D eigenvalue weighted by Gasteiger charge is 2.49. The maximum absolute atomic E-state index is 11.1. The molecular weight excluding hydrogens is 300 g/mol. The first kappa shape index (κ1) is 17.2. The summed E-state index contributed by atoms with van der Waals surface area (Å²) < 4.78 is 12.4. The summed E-state index contributed by atoms with van der Waals surface area (Å²) in [5.41, 5.74) is 1.66. The minimum Gasteiger partial charge on any atom is -0.382 e. The molecule has 0 aromatic heterocycles. The molecule has 2 aromatic rings. The van der Waals surface area contributed by atoms with Gasteiger partial charge in [-0.05, 0) is 12.0 Å². The molecule has 1 aliphatic rings. The lowest BCUT2D eigenvalue weighted by atomic mass is 9.94. The maximum atomic E-state index is 11.1. The highest BCUT2D eigenvalue weighted by Crippen LogP contribution is 2.45. The Morgan fingerprint density at radius 1 is 1.04 bits per heavy atom. The number of ether oxygens (including phenoxy) is 2. The average Bonchev–Trinajstić information content (AvgIpc) is 3.08. The van der Waals surface area contributed by atoms with Crippen molar-refractivity contribution in [1.82, 2.24) is 0 Å². The molecule has 3 nitrogen and oxygen atoms in total. The fourth-order valence-corrected chi connectivity index (χ4v) is 3.27. The number of hydrogen-bond acceptors (Lipinski definition) is 3. The van der Waals surface area contributed by atoms with Crippen LogP contribution in [0.1, 0.15) is 49.8 Å². The van der Waals surface area contributed by atoms with Crippen molar-refractivity contribution in [3.63, 3.8) is 0 Å². The van der Waals surface area contributed by atoms with Gasteiger partial charge in [0.15, 0.2) is 0 Å². The monoisotopic (exact) mass is 326 g/mol. The van der Waals surface area contributed by atoms with E-state index < -0.39 is 11.9 Å². The topological polar surface area (TPSA) is 38.7 Å². The molecule has 3 atom stereocenters. The van der Waals surface area contributed by atoms with Gasteiger partial charge in [-0.3, -0.25) is 0 Å². The average molecular weight is 326 g/mol. The Morgan fingerprint density at radius 2 is 1.71 bits per heavy atom. The molecule has 24 heavy (non-hydrogen) atoms. The van der Waals surface area contributed by atoms with Crippen LogP contribution in [0.5, 0.6) is 0 Å². The van der Waals surface area contributed by atoms with Crippen molar-refractivity contribution in [3.8, 4) is 0 Å². The summed E-state index contributed by atoms with van der Waals surface area (Å²) in [7, 11) is 0. The largest absolute Gasteiger partial charge is 0.382 e. The zero-order valence-corrected chi connectivity index (χ0v) is 14.2. The van der Waals surface area contributed by atoms with Gasteiger partial charge < -0.3 is 14.6 Å². The van der Waals surface area contributed by atoms with E-state index in [1.807, 2.05) is 60.7 Å². The van der Waals surface area contributed by atoms with Gasteiger partial charge in [0.25, 0.3) is 0 Å². The second-order valence-corrected chi connectivity index (χ2v) is 6.39. The van der Waals surface area contributed by atoms with Gasteiger partial charge in [-0.25, -0.2) is 0 Å². The van der Waals surface area contributed by atoms with E-state index in [4.69, 9.17) is 9.47 Å². The Hall–Kier alpha value is -1.68. The molecule has 1 saturated heterocycles. The second-order valence-electron chi connectivity index (χ2n) is 6.39. The molecule has 1 aliphatic heterocycles. The number of rotatable bonds is 7. The molecule has 128 valence electrons. The minimum atomic E-state index is -1.13. The van der Waals surface area contributed by atoms with Crippen LogP contribution in [0.25, 0.3) is 0 Å². The normalized spacial score (nSPS) is 24.8. The third-order valence-electron chi connectivity index (χ3n) is 4.61. The van der Waals surface area contributed by atoms with Crippen molar-refractivity contribution >= 4 is 0 Å². The number of aliphatic hydroxyl groups is 1. The third-order valence-corrected chi connectivity index (χ3v) is 4.61. The molecule has 0 spiro atoms. The summed E-state index contributed by atoms with van der Waals surface area (Å²) in [4.78, 5) is 0. The Bertz CT molecular complexity index is 613. The summed E-state index contributed by atoms with van der Waals surface area (Å²) in [5.74, 6) is -1.13. The van der Waals surface area contributed by atoms with Crippen LogP contribution in [0.2, 0.25) is 0 Å². The Balaban J connectivity index is 1.86. The number of benzene rings is 2. The SMILES string of the molecule is CCCCCC1COC(c2ccccc2)(C(O)c2ccccc2)O1. The van der Waals surface area contributed by atoms with E-state index in [0.717, 1.165) is 24.0 Å². The molecule has 1 heterocycles. The van der Waals surface area contributed by atoms with Crippen LogP contribution >= 0.6 is 0 Å². The second kappa shape index (κ2) is 7.93. The van der Waals surface area contributed by atoms with Crippen molar-refractivity contribution in [3.05, 3.63) is 71.8 Å². The smallest absolute Gasteiger partial charge is 0.226 e. The van der Waals surface area contributed by atoms with Crippen LogP contribution in [0.15, 0.2) is 60.7 Å². The van der Waals surface area contributed by atoms with E-state index in [2.05, 4.69) is 6.92 Å². The molecule has 1 N–H and O–H groups in total. The summed E-state index contributed by atoms with van der Waals surface area (Å²) >= 11 is 0. The van der Waals surface area contributed by atoms with Crippen molar-refractivity contribution in [2.45, 2.75) is 50.6 Å². The van der Waals surface area contributed by atoms with Crippen LogP contribution in [-0.2, 0) is 15.3 Å². The standard InChI is InChI=1S/C21H26O3/c1-2-3-6-15-19-16-23-21(24-19,18-13-9-5-10-14-18)20(22)17-11-7-4-8-12-17/h4-5,7-14,19-20,22H,2-3,6,15-16H2,1H3. The zero-order chi connectivity index (χ0) is 16.8. The summed E-state index contributed by atoms with van der Waals surface area (Å²) in [6.07, 6.45) is 3.62. The number of aliphatic hydroxyl groups excluding tert-OH is 1. The van der Waals surface area contributed by atoms with Gasteiger partial charge in [-0.2, -0.15) is 0 Å². The Labute approximate surface area is 144 Å². The molecular formula is C21H26O3. The first-order valence-corrected chi connectivity index (χ1v) is 8.86. The van der Waals surface area contributed by atoms with E-state index in [1.54, 1.807) is 0 Å². The van der Waals surface area contributed by atoms with Crippen LogP contribution in [0.3, 0.4) is 0 Å². The molecule has 3 unspecified atom stereocenters. The Kier molecular flexibility index (Phi) is 5.67. The highest BCUT2D eigenvalue weighted by molar-refractivity contribution is 5.28. The van der Waals surface area contributed by atoms with Crippen molar-refractivity contribution in [1.29, 1.82) is 0 Å². The minimum absolute atomic E-state index is 0.0233. The summed E-state index contributed by atoms with van der Waals surface area (Å²) in [6, 6.07) is 19.4. The van der Waals surface area contributed by atoms with Gasteiger partial charge in [0.2, 0.25) is 5.79 Å². The molecule has 0 radical (unpaired) electrons. The molecule has 1 fully saturated rings. The first-order valence-electron chi connectivity index (χ1n) is 8.86. The molecule has 3 rings (SSSR count).